The lowest BCUT2D eigenvalue weighted by Crippen LogP contribution is -2.31. The van der Waals surface area contributed by atoms with E-state index in [0.717, 1.165) is 12.0 Å². The summed E-state index contributed by atoms with van der Waals surface area (Å²) < 4.78 is 10.1. The molecule has 0 saturated heterocycles. The van der Waals surface area contributed by atoms with Crippen molar-refractivity contribution in [1.29, 1.82) is 0 Å². The molecule has 1 N–H and O–H groups in total. The number of carbonyl (C=O) groups is 1. The van der Waals surface area contributed by atoms with Crippen molar-refractivity contribution in [2.24, 2.45) is 11.8 Å². The van der Waals surface area contributed by atoms with Gasteiger partial charge in [0, 0.05) is 5.92 Å². The zero-order chi connectivity index (χ0) is 12.6. The van der Waals surface area contributed by atoms with Crippen LogP contribution < -0.4 is 0 Å². The number of aliphatic hydroxyl groups is 1. The molecule has 94 valence electrons. The second-order valence-corrected chi connectivity index (χ2v) is 4.81. The van der Waals surface area contributed by atoms with Crippen molar-refractivity contribution in [2.75, 3.05) is 14.2 Å². The summed E-state index contributed by atoms with van der Waals surface area (Å²) in [6, 6.07) is 0. The second-order valence-electron chi connectivity index (χ2n) is 4.81. The maximum absolute atomic E-state index is 11.6. The topological polar surface area (TPSA) is 55.8 Å². The van der Waals surface area contributed by atoms with Gasteiger partial charge in [-0.15, -0.1) is 0 Å². The van der Waals surface area contributed by atoms with Crippen molar-refractivity contribution in [3.05, 3.63) is 23.5 Å². The van der Waals surface area contributed by atoms with Crippen LogP contribution in [0.1, 0.15) is 19.8 Å². The largest absolute Gasteiger partial charge is 0.500 e. The molecule has 0 heterocycles. The molecule has 17 heavy (non-hydrogen) atoms. The number of hydrogen-bond acceptors (Lipinski definition) is 4. The number of hydrogen-bond donors (Lipinski definition) is 1. The van der Waals surface area contributed by atoms with Gasteiger partial charge in [-0.05, 0) is 25.3 Å². The number of ether oxygens (including phenoxy) is 2. The van der Waals surface area contributed by atoms with Crippen LogP contribution in [-0.2, 0) is 14.3 Å². The highest BCUT2D eigenvalue weighted by Gasteiger charge is 2.44. The van der Waals surface area contributed by atoms with Crippen LogP contribution >= 0.6 is 0 Å². The predicted octanol–water partition coefficient (Wildman–Crippen LogP) is 1.41. The van der Waals surface area contributed by atoms with Crippen molar-refractivity contribution in [3.63, 3.8) is 0 Å². The number of esters is 1. The van der Waals surface area contributed by atoms with E-state index in [4.69, 9.17) is 9.47 Å². The van der Waals surface area contributed by atoms with Gasteiger partial charge in [0.25, 0.3) is 0 Å². The predicted molar refractivity (Wildman–Crippen MR) is 62.0 cm³/mol. The Morgan fingerprint density at radius 1 is 1.47 bits per heavy atom. The minimum Gasteiger partial charge on any atom is -0.500 e. The van der Waals surface area contributed by atoms with Crippen LogP contribution in [0.15, 0.2) is 23.5 Å². The first-order valence-corrected chi connectivity index (χ1v) is 5.76. The average Bonchev–Trinajstić information content (AvgIpc) is 2.63. The smallest absolute Gasteiger partial charge is 0.320 e. The van der Waals surface area contributed by atoms with Crippen molar-refractivity contribution >= 4 is 5.97 Å². The molecular formula is C13H18O4. The van der Waals surface area contributed by atoms with Crippen LogP contribution in [0.5, 0.6) is 0 Å². The lowest BCUT2D eigenvalue weighted by atomic mass is 9.83. The Bertz CT molecular complexity index is 392. The first-order valence-electron chi connectivity index (χ1n) is 5.76. The fourth-order valence-corrected chi connectivity index (χ4v) is 2.75. The molecule has 1 fully saturated rings. The van der Waals surface area contributed by atoms with Crippen molar-refractivity contribution < 1.29 is 19.4 Å². The SMILES string of the molecule is COC(=O)[C@H]1C=C[C@@H]2C(=C1OC)CC[C@@]2(C)O. The first kappa shape index (κ1) is 12.2. The van der Waals surface area contributed by atoms with Crippen LogP contribution in [0.2, 0.25) is 0 Å². The molecule has 0 unspecified atom stereocenters. The minimum absolute atomic E-state index is 0.0432. The van der Waals surface area contributed by atoms with Gasteiger partial charge in [-0.2, -0.15) is 0 Å². The van der Waals surface area contributed by atoms with E-state index in [-0.39, 0.29) is 11.9 Å². The van der Waals surface area contributed by atoms with Crippen molar-refractivity contribution in [3.8, 4) is 0 Å². The van der Waals surface area contributed by atoms with E-state index in [1.165, 1.54) is 7.11 Å². The number of fused-ring (bicyclic) bond motifs is 1. The normalized spacial score (nSPS) is 35.8. The highest BCUT2D eigenvalue weighted by atomic mass is 16.5. The van der Waals surface area contributed by atoms with E-state index < -0.39 is 11.5 Å². The second kappa shape index (κ2) is 4.18. The Kier molecular flexibility index (Phi) is 3.00. The van der Waals surface area contributed by atoms with Gasteiger partial charge in [0.15, 0.2) is 0 Å². The maximum Gasteiger partial charge on any atom is 0.320 e. The molecular weight excluding hydrogens is 220 g/mol. The van der Waals surface area contributed by atoms with E-state index in [1.54, 1.807) is 13.2 Å². The molecule has 0 radical (unpaired) electrons. The van der Waals surface area contributed by atoms with E-state index in [0.29, 0.717) is 12.2 Å². The summed E-state index contributed by atoms with van der Waals surface area (Å²) in [6.45, 7) is 1.82. The summed E-state index contributed by atoms with van der Waals surface area (Å²) in [7, 11) is 2.92. The molecule has 0 aliphatic heterocycles. The van der Waals surface area contributed by atoms with E-state index >= 15 is 0 Å². The Morgan fingerprint density at radius 2 is 2.18 bits per heavy atom. The molecule has 4 heteroatoms. The van der Waals surface area contributed by atoms with E-state index in [1.807, 2.05) is 13.0 Å². The summed E-state index contributed by atoms with van der Waals surface area (Å²) in [4.78, 5) is 11.6. The lowest BCUT2D eigenvalue weighted by Gasteiger charge is -2.29. The molecule has 2 aliphatic carbocycles. The molecule has 2 aliphatic rings. The third-order valence-electron chi connectivity index (χ3n) is 3.72. The van der Waals surface area contributed by atoms with Gasteiger partial charge in [-0.1, -0.05) is 12.2 Å². The van der Waals surface area contributed by atoms with Crippen LogP contribution in [-0.4, -0.2) is 30.9 Å². The molecule has 4 nitrogen and oxygen atoms in total. The standard InChI is InChI=1S/C13H18O4/c1-13(15)7-6-8-10(13)5-4-9(11(8)16-2)12(14)17-3/h4-5,9-10,15H,6-7H2,1-3H3/t9-,10+,13+/m0/s1. The lowest BCUT2D eigenvalue weighted by molar-refractivity contribution is -0.143. The molecule has 0 amide bonds. The number of methoxy groups -OCH3 is 2. The average molecular weight is 238 g/mol. The summed E-state index contributed by atoms with van der Waals surface area (Å²) in [5, 5.41) is 10.2. The highest BCUT2D eigenvalue weighted by molar-refractivity contribution is 5.78. The minimum atomic E-state index is -0.739. The van der Waals surface area contributed by atoms with Gasteiger partial charge in [0.1, 0.15) is 11.7 Å². The number of carbonyl (C=O) groups excluding carboxylic acids is 1. The molecule has 3 atom stereocenters. The molecule has 0 aromatic rings. The molecule has 1 saturated carbocycles. The first-order chi connectivity index (χ1) is 8.01. The van der Waals surface area contributed by atoms with Gasteiger partial charge in [-0.25, -0.2) is 0 Å². The monoisotopic (exact) mass is 238 g/mol. The van der Waals surface area contributed by atoms with E-state index in [9.17, 15) is 9.90 Å². The number of rotatable bonds is 2. The molecule has 2 rings (SSSR count). The van der Waals surface area contributed by atoms with Crippen molar-refractivity contribution in [2.45, 2.75) is 25.4 Å². The maximum atomic E-state index is 11.6. The Labute approximate surface area is 101 Å². The third kappa shape index (κ3) is 1.86. The molecule has 0 spiro atoms. The van der Waals surface area contributed by atoms with Gasteiger partial charge in [-0.3, -0.25) is 4.79 Å². The zero-order valence-electron chi connectivity index (χ0n) is 10.4. The quantitative estimate of drug-likeness (QED) is 0.583. The zero-order valence-corrected chi connectivity index (χ0v) is 10.4. The summed E-state index contributed by atoms with van der Waals surface area (Å²) in [5.74, 6) is -0.193. The fourth-order valence-electron chi connectivity index (χ4n) is 2.75. The summed E-state index contributed by atoms with van der Waals surface area (Å²) in [5.41, 5.74) is 0.284. The highest BCUT2D eigenvalue weighted by Crippen LogP contribution is 2.46. The van der Waals surface area contributed by atoms with Crippen LogP contribution in [0.4, 0.5) is 0 Å². The fraction of sp³-hybridized carbons (Fsp3) is 0.615. The summed E-state index contributed by atoms with van der Waals surface area (Å²) in [6.07, 6.45) is 5.11. The van der Waals surface area contributed by atoms with Gasteiger partial charge in [0.05, 0.1) is 19.8 Å². The van der Waals surface area contributed by atoms with Gasteiger partial charge in [0.2, 0.25) is 0 Å². The van der Waals surface area contributed by atoms with Crippen LogP contribution in [0, 0.1) is 11.8 Å². The molecule has 0 aromatic carbocycles. The van der Waals surface area contributed by atoms with Crippen molar-refractivity contribution in [1.82, 2.24) is 0 Å². The molecule has 0 bridgehead atoms. The van der Waals surface area contributed by atoms with E-state index in [2.05, 4.69) is 0 Å². The third-order valence-corrected chi connectivity index (χ3v) is 3.72. The van der Waals surface area contributed by atoms with Gasteiger partial charge >= 0.3 is 5.97 Å². The van der Waals surface area contributed by atoms with Crippen LogP contribution in [0.25, 0.3) is 0 Å². The Morgan fingerprint density at radius 3 is 2.76 bits per heavy atom. The van der Waals surface area contributed by atoms with Gasteiger partial charge < -0.3 is 14.6 Å². The molecule has 0 aromatic heterocycles. The Hall–Kier alpha value is -1.29. The van der Waals surface area contributed by atoms with Crippen LogP contribution in [0.3, 0.4) is 0 Å². The Balaban J connectivity index is 2.38. The summed E-state index contributed by atoms with van der Waals surface area (Å²) >= 11 is 0.